The van der Waals surface area contributed by atoms with E-state index < -0.39 is 6.17 Å². The van der Waals surface area contributed by atoms with Crippen LogP contribution in [0, 0.1) is 0 Å². The number of aromatic nitrogens is 3. The van der Waals surface area contributed by atoms with E-state index in [2.05, 4.69) is 10.1 Å². The van der Waals surface area contributed by atoms with Gasteiger partial charge in [-0.15, -0.1) is 0 Å². The van der Waals surface area contributed by atoms with Crippen LogP contribution in [0.2, 0.25) is 0 Å². The number of halogens is 1. The SMILES string of the molecule is CC(C)c1nc2n(n1)[C@@H](c1ccccc1)C[C@H]2F. The van der Waals surface area contributed by atoms with E-state index in [1.54, 1.807) is 4.68 Å². The summed E-state index contributed by atoms with van der Waals surface area (Å²) in [4.78, 5) is 4.32. The van der Waals surface area contributed by atoms with E-state index in [0.717, 1.165) is 11.4 Å². The van der Waals surface area contributed by atoms with Crippen LogP contribution in [0.1, 0.15) is 55.6 Å². The topological polar surface area (TPSA) is 30.7 Å². The first-order valence-corrected chi connectivity index (χ1v) is 6.32. The van der Waals surface area contributed by atoms with Crippen LogP contribution in [-0.2, 0) is 0 Å². The van der Waals surface area contributed by atoms with Crippen molar-refractivity contribution in [3.63, 3.8) is 0 Å². The molecule has 0 N–H and O–H groups in total. The monoisotopic (exact) mass is 245 g/mol. The molecule has 0 saturated carbocycles. The number of hydrogen-bond donors (Lipinski definition) is 0. The number of hydrogen-bond acceptors (Lipinski definition) is 2. The maximum Gasteiger partial charge on any atom is 0.162 e. The first kappa shape index (κ1) is 11.4. The van der Waals surface area contributed by atoms with Crippen LogP contribution in [-0.4, -0.2) is 14.8 Å². The van der Waals surface area contributed by atoms with Crippen LogP contribution in [0.15, 0.2) is 30.3 Å². The first-order chi connectivity index (χ1) is 8.66. The third kappa shape index (κ3) is 1.72. The van der Waals surface area contributed by atoms with Gasteiger partial charge < -0.3 is 0 Å². The minimum Gasteiger partial charge on any atom is -0.239 e. The molecule has 0 spiro atoms. The summed E-state index contributed by atoms with van der Waals surface area (Å²) in [6.45, 7) is 4.05. The average molecular weight is 245 g/mol. The van der Waals surface area contributed by atoms with Gasteiger partial charge in [0.2, 0.25) is 0 Å². The van der Waals surface area contributed by atoms with Crippen LogP contribution in [0.4, 0.5) is 4.39 Å². The zero-order valence-electron chi connectivity index (χ0n) is 10.5. The van der Waals surface area contributed by atoms with Gasteiger partial charge in [0.15, 0.2) is 17.8 Å². The smallest absolute Gasteiger partial charge is 0.162 e. The highest BCUT2D eigenvalue weighted by atomic mass is 19.1. The second-order valence-electron chi connectivity index (χ2n) is 5.06. The summed E-state index contributed by atoms with van der Waals surface area (Å²) in [6.07, 6.45) is -0.562. The standard InChI is InChI=1S/C14H16FN3/c1-9(2)13-16-14-11(15)8-12(18(14)17-13)10-6-4-3-5-7-10/h3-7,9,11-12H,8H2,1-2H3/t11-,12-/m1/s1. The highest BCUT2D eigenvalue weighted by Crippen LogP contribution is 2.39. The minimum absolute atomic E-state index is 0.0174. The van der Waals surface area contributed by atoms with Gasteiger partial charge in [-0.05, 0) is 5.56 Å². The van der Waals surface area contributed by atoms with Gasteiger partial charge in [-0.25, -0.2) is 14.1 Å². The van der Waals surface area contributed by atoms with Gasteiger partial charge in [0.05, 0.1) is 6.04 Å². The van der Waals surface area contributed by atoms with Gasteiger partial charge in [-0.2, -0.15) is 5.10 Å². The van der Waals surface area contributed by atoms with E-state index in [0.29, 0.717) is 12.2 Å². The van der Waals surface area contributed by atoms with Crippen molar-refractivity contribution in [2.45, 2.75) is 38.4 Å². The predicted molar refractivity (Wildman–Crippen MR) is 67.2 cm³/mol. The van der Waals surface area contributed by atoms with E-state index in [4.69, 9.17) is 0 Å². The molecule has 0 unspecified atom stereocenters. The van der Waals surface area contributed by atoms with E-state index in [9.17, 15) is 4.39 Å². The minimum atomic E-state index is -1.00. The van der Waals surface area contributed by atoms with Gasteiger partial charge in [-0.1, -0.05) is 44.2 Å². The average Bonchev–Trinajstić information content (AvgIpc) is 2.92. The molecule has 3 nitrogen and oxygen atoms in total. The molecule has 0 radical (unpaired) electrons. The molecule has 4 heteroatoms. The highest BCUT2D eigenvalue weighted by Gasteiger charge is 2.35. The van der Waals surface area contributed by atoms with Crippen molar-refractivity contribution in [3.05, 3.63) is 47.5 Å². The fraction of sp³-hybridized carbons (Fsp3) is 0.429. The molecule has 0 bridgehead atoms. The molecule has 1 aromatic carbocycles. The molecule has 0 aliphatic carbocycles. The van der Waals surface area contributed by atoms with Crippen molar-refractivity contribution >= 4 is 0 Å². The molecular formula is C14H16FN3. The Morgan fingerprint density at radius 2 is 2.00 bits per heavy atom. The fourth-order valence-corrected chi connectivity index (χ4v) is 2.39. The Hall–Kier alpha value is -1.71. The summed E-state index contributed by atoms with van der Waals surface area (Å²) in [6, 6.07) is 9.93. The van der Waals surface area contributed by atoms with E-state index >= 15 is 0 Å². The van der Waals surface area contributed by atoms with Gasteiger partial charge in [0.25, 0.3) is 0 Å². The van der Waals surface area contributed by atoms with E-state index in [1.165, 1.54) is 0 Å². The molecule has 1 aliphatic rings. The van der Waals surface area contributed by atoms with Crippen LogP contribution in [0.25, 0.3) is 0 Å². The summed E-state index contributed by atoms with van der Waals surface area (Å²) in [5.74, 6) is 1.44. The van der Waals surface area contributed by atoms with Crippen molar-refractivity contribution in [1.82, 2.24) is 14.8 Å². The Morgan fingerprint density at radius 1 is 1.28 bits per heavy atom. The number of alkyl halides is 1. The Balaban J connectivity index is 2.03. The maximum absolute atomic E-state index is 14.0. The molecular weight excluding hydrogens is 229 g/mol. The molecule has 3 rings (SSSR count). The van der Waals surface area contributed by atoms with E-state index in [1.807, 2.05) is 44.2 Å². The van der Waals surface area contributed by atoms with Gasteiger partial charge in [0.1, 0.15) is 0 Å². The molecule has 0 saturated heterocycles. The molecule has 2 atom stereocenters. The maximum atomic E-state index is 14.0. The quantitative estimate of drug-likeness (QED) is 0.811. The van der Waals surface area contributed by atoms with Crippen LogP contribution in [0.5, 0.6) is 0 Å². The highest BCUT2D eigenvalue weighted by molar-refractivity contribution is 5.23. The van der Waals surface area contributed by atoms with Crippen molar-refractivity contribution in [1.29, 1.82) is 0 Å². The summed E-state index contributed by atoms with van der Waals surface area (Å²) < 4.78 is 15.8. The van der Waals surface area contributed by atoms with Gasteiger partial charge in [0, 0.05) is 12.3 Å². The Kier molecular flexibility index (Phi) is 2.65. The van der Waals surface area contributed by atoms with Crippen molar-refractivity contribution in [2.24, 2.45) is 0 Å². The van der Waals surface area contributed by atoms with Crippen molar-refractivity contribution in [2.75, 3.05) is 0 Å². The molecule has 0 amide bonds. The Bertz CT molecular complexity index is 547. The second-order valence-corrected chi connectivity index (χ2v) is 5.06. The third-order valence-corrected chi connectivity index (χ3v) is 3.38. The summed E-state index contributed by atoms with van der Waals surface area (Å²) in [7, 11) is 0. The number of nitrogens with zero attached hydrogens (tertiary/aromatic N) is 3. The van der Waals surface area contributed by atoms with Crippen LogP contribution >= 0.6 is 0 Å². The Morgan fingerprint density at radius 3 is 2.67 bits per heavy atom. The summed E-state index contributed by atoms with van der Waals surface area (Å²) in [5.41, 5.74) is 1.10. The second kappa shape index (κ2) is 4.19. The normalized spacial score (nSPS) is 22.4. The molecule has 18 heavy (non-hydrogen) atoms. The number of fused-ring (bicyclic) bond motifs is 1. The third-order valence-electron chi connectivity index (χ3n) is 3.38. The van der Waals surface area contributed by atoms with Gasteiger partial charge in [-0.3, -0.25) is 0 Å². The van der Waals surface area contributed by atoms with E-state index in [-0.39, 0.29) is 12.0 Å². The lowest BCUT2D eigenvalue weighted by Crippen LogP contribution is -2.08. The molecule has 2 heterocycles. The molecule has 1 aliphatic heterocycles. The van der Waals surface area contributed by atoms with Crippen molar-refractivity contribution in [3.8, 4) is 0 Å². The lowest BCUT2D eigenvalue weighted by Gasteiger charge is -2.11. The Labute approximate surface area is 106 Å². The van der Waals surface area contributed by atoms with Crippen LogP contribution < -0.4 is 0 Å². The molecule has 0 fully saturated rings. The fourth-order valence-electron chi connectivity index (χ4n) is 2.39. The number of rotatable bonds is 2. The summed E-state index contributed by atoms with van der Waals surface area (Å²) in [5, 5.41) is 4.46. The van der Waals surface area contributed by atoms with Crippen LogP contribution in [0.3, 0.4) is 0 Å². The molecule has 2 aromatic rings. The number of benzene rings is 1. The summed E-state index contributed by atoms with van der Waals surface area (Å²) >= 11 is 0. The first-order valence-electron chi connectivity index (χ1n) is 6.32. The molecule has 1 aromatic heterocycles. The zero-order chi connectivity index (χ0) is 12.7. The zero-order valence-corrected chi connectivity index (χ0v) is 10.5. The van der Waals surface area contributed by atoms with Crippen molar-refractivity contribution < 1.29 is 4.39 Å². The molecule has 94 valence electrons. The largest absolute Gasteiger partial charge is 0.239 e. The lowest BCUT2D eigenvalue weighted by molar-refractivity contribution is 0.327. The predicted octanol–water partition coefficient (Wildman–Crippen LogP) is 3.41. The lowest BCUT2D eigenvalue weighted by atomic mass is 10.0. The van der Waals surface area contributed by atoms with Gasteiger partial charge >= 0.3 is 0 Å².